The lowest BCUT2D eigenvalue weighted by Crippen LogP contribution is -2.16. The van der Waals surface area contributed by atoms with E-state index >= 15 is 0 Å². The Balaban J connectivity index is 2.21. The summed E-state index contributed by atoms with van der Waals surface area (Å²) in [6.45, 7) is 3.15. The summed E-state index contributed by atoms with van der Waals surface area (Å²) >= 11 is 0. The van der Waals surface area contributed by atoms with Crippen LogP contribution in [0.5, 0.6) is 0 Å². The first-order chi connectivity index (χ1) is 6.81. The summed E-state index contributed by atoms with van der Waals surface area (Å²) in [5.74, 6) is 0. The SMILES string of the molecule is Cc1ccc(C2OCCN2N=O)cc1. The molecule has 4 nitrogen and oxygen atoms in total. The van der Waals surface area contributed by atoms with E-state index in [4.69, 9.17) is 4.74 Å². The number of nitrogens with zero attached hydrogens (tertiary/aromatic N) is 2. The van der Waals surface area contributed by atoms with E-state index in [0.29, 0.717) is 13.2 Å². The van der Waals surface area contributed by atoms with Gasteiger partial charge in [0.25, 0.3) is 0 Å². The van der Waals surface area contributed by atoms with Crippen LogP contribution in [0.4, 0.5) is 0 Å². The Labute approximate surface area is 82.4 Å². The van der Waals surface area contributed by atoms with E-state index in [9.17, 15) is 4.91 Å². The molecule has 0 saturated carbocycles. The minimum Gasteiger partial charge on any atom is -0.351 e. The van der Waals surface area contributed by atoms with E-state index < -0.39 is 0 Å². The van der Waals surface area contributed by atoms with Crippen molar-refractivity contribution in [3.8, 4) is 0 Å². The molecule has 0 N–H and O–H groups in total. The lowest BCUT2D eigenvalue weighted by Gasteiger charge is -2.16. The first kappa shape index (κ1) is 9.15. The van der Waals surface area contributed by atoms with E-state index in [1.165, 1.54) is 10.6 Å². The molecular formula is C10H12N2O2. The maximum Gasteiger partial charge on any atom is 0.174 e. The van der Waals surface area contributed by atoms with Gasteiger partial charge < -0.3 is 4.74 Å². The minimum atomic E-state index is -0.298. The molecule has 1 aromatic carbocycles. The lowest BCUT2D eigenvalue weighted by atomic mass is 10.1. The molecule has 1 aliphatic rings. The third-order valence-electron chi connectivity index (χ3n) is 2.33. The third-order valence-corrected chi connectivity index (χ3v) is 2.33. The number of rotatable bonds is 2. The fourth-order valence-electron chi connectivity index (χ4n) is 1.54. The molecule has 1 aromatic rings. The van der Waals surface area contributed by atoms with Crippen molar-refractivity contribution in [2.24, 2.45) is 5.29 Å². The van der Waals surface area contributed by atoms with E-state index in [1.807, 2.05) is 31.2 Å². The maximum absolute atomic E-state index is 10.5. The van der Waals surface area contributed by atoms with Crippen molar-refractivity contribution < 1.29 is 4.74 Å². The first-order valence-corrected chi connectivity index (χ1v) is 4.59. The summed E-state index contributed by atoms with van der Waals surface area (Å²) in [5.41, 5.74) is 2.17. The average Bonchev–Trinajstić information content (AvgIpc) is 2.67. The Morgan fingerprint density at radius 3 is 2.79 bits per heavy atom. The van der Waals surface area contributed by atoms with Crippen molar-refractivity contribution in [3.05, 3.63) is 40.3 Å². The molecule has 4 heteroatoms. The van der Waals surface area contributed by atoms with Gasteiger partial charge in [-0.1, -0.05) is 29.8 Å². The van der Waals surface area contributed by atoms with E-state index in [-0.39, 0.29) is 6.23 Å². The number of nitroso groups, excluding NO2 is 1. The molecule has 0 spiro atoms. The van der Waals surface area contributed by atoms with Gasteiger partial charge in [-0.25, -0.2) is 5.01 Å². The number of benzene rings is 1. The quantitative estimate of drug-likeness (QED) is 0.673. The Morgan fingerprint density at radius 1 is 1.43 bits per heavy atom. The Bertz CT molecular complexity index is 323. The van der Waals surface area contributed by atoms with Crippen LogP contribution >= 0.6 is 0 Å². The Hall–Kier alpha value is -1.42. The van der Waals surface area contributed by atoms with Crippen LogP contribution in [0.15, 0.2) is 29.6 Å². The van der Waals surface area contributed by atoms with Gasteiger partial charge >= 0.3 is 0 Å². The Morgan fingerprint density at radius 2 is 2.14 bits per heavy atom. The molecule has 1 fully saturated rings. The van der Waals surface area contributed by atoms with E-state index in [0.717, 1.165) is 5.56 Å². The van der Waals surface area contributed by atoms with Crippen LogP contribution < -0.4 is 0 Å². The molecule has 1 atom stereocenters. The van der Waals surface area contributed by atoms with Gasteiger partial charge in [-0.15, -0.1) is 4.91 Å². The second-order valence-corrected chi connectivity index (χ2v) is 3.38. The third kappa shape index (κ3) is 1.61. The van der Waals surface area contributed by atoms with Crippen LogP contribution in [0, 0.1) is 11.8 Å². The molecule has 0 aromatic heterocycles. The predicted octanol–water partition coefficient (Wildman–Crippen LogP) is 2.01. The largest absolute Gasteiger partial charge is 0.351 e. The van der Waals surface area contributed by atoms with Crippen molar-refractivity contribution in [1.29, 1.82) is 0 Å². The van der Waals surface area contributed by atoms with Crippen molar-refractivity contribution in [2.45, 2.75) is 13.2 Å². The fourth-order valence-corrected chi connectivity index (χ4v) is 1.54. The van der Waals surface area contributed by atoms with Crippen LogP contribution in [-0.4, -0.2) is 18.2 Å². The normalized spacial score (nSPS) is 21.2. The summed E-state index contributed by atoms with van der Waals surface area (Å²) < 4.78 is 5.41. The summed E-state index contributed by atoms with van der Waals surface area (Å²) in [6.07, 6.45) is -0.298. The zero-order valence-corrected chi connectivity index (χ0v) is 8.01. The van der Waals surface area contributed by atoms with Crippen LogP contribution in [0.3, 0.4) is 0 Å². The van der Waals surface area contributed by atoms with Gasteiger partial charge in [0.15, 0.2) is 6.23 Å². The predicted molar refractivity (Wildman–Crippen MR) is 52.4 cm³/mol. The van der Waals surface area contributed by atoms with Gasteiger partial charge in [0.1, 0.15) is 0 Å². The lowest BCUT2D eigenvalue weighted by molar-refractivity contribution is 0.0330. The fraction of sp³-hybridized carbons (Fsp3) is 0.400. The zero-order valence-electron chi connectivity index (χ0n) is 8.01. The number of aryl methyl sites for hydroxylation is 1. The zero-order chi connectivity index (χ0) is 9.97. The van der Waals surface area contributed by atoms with Crippen molar-refractivity contribution in [2.75, 3.05) is 13.2 Å². The molecule has 2 rings (SSSR count). The van der Waals surface area contributed by atoms with Crippen LogP contribution in [0.1, 0.15) is 17.4 Å². The molecule has 1 aliphatic heterocycles. The number of hydrogen-bond acceptors (Lipinski definition) is 3. The summed E-state index contributed by atoms with van der Waals surface area (Å²) in [4.78, 5) is 10.5. The first-order valence-electron chi connectivity index (χ1n) is 4.59. The van der Waals surface area contributed by atoms with Crippen LogP contribution in [0.25, 0.3) is 0 Å². The molecule has 0 bridgehead atoms. The molecule has 74 valence electrons. The molecule has 0 radical (unpaired) electrons. The minimum absolute atomic E-state index is 0.298. The summed E-state index contributed by atoms with van der Waals surface area (Å²) in [7, 11) is 0. The van der Waals surface area contributed by atoms with Crippen molar-refractivity contribution in [1.82, 2.24) is 5.01 Å². The Kier molecular flexibility index (Phi) is 2.45. The molecule has 1 unspecified atom stereocenters. The molecule has 0 aliphatic carbocycles. The topological polar surface area (TPSA) is 41.9 Å². The van der Waals surface area contributed by atoms with Gasteiger partial charge in [-0.05, 0) is 6.92 Å². The second-order valence-electron chi connectivity index (χ2n) is 3.38. The highest BCUT2D eigenvalue weighted by Gasteiger charge is 2.26. The van der Waals surface area contributed by atoms with Gasteiger partial charge in [-0.2, -0.15) is 0 Å². The highest BCUT2D eigenvalue weighted by molar-refractivity contribution is 5.23. The van der Waals surface area contributed by atoms with Crippen LogP contribution in [0.2, 0.25) is 0 Å². The van der Waals surface area contributed by atoms with Gasteiger partial charge in [0, 0.05) is 5.56 Å². The average molecular weight is 192 g/mol. The smallest absolute Gasteiger partial charge is 0.174 e. The summed E-state index contributed by atoms with van der Waals surface area (Å²) in [6, 6.07) is 7.92. The van der Waals surface area contributed by atoms with Crippen LogP contribution in [-0.2, 0) is 4.74 Å². The van der Waals surface area contributed by atoms with Crippen molar-refractivity contribution in [3.63, 3.8) is 0 Å². The maximum atomic E-state index is 10.5. The number of hydrogen-bond donors (Lipinski definition) is 0. The van der Waals surface area contributed by atoms with Crippen molar-refractivity contribution >= 4 is 0 Å². The van der Waals surface area contributed by atoms with E-state index in [1.54, 1.807) is 0 Å². The number of ether oxygens (including phenoxy) is 1. The molecule has 14 heavy (non-hydrogen) atoms. The highest BCUT2D eigenvalue weighted by Crippen LogP contribution is 2.26. The molecule has 1 saturated heterocycles. The van der Waals surface area contributed by atoms with Gasteiger partial charge in [0.05, 0.1) is 18.4 Å². The highest BCUT2D eigenvalue weighted by atomic mass is 16.5. The molecule has 1 heterocycles. The van der Waals surface area contributed by atoms with Gasteiger partial charge in [-0.3, -0.25) is 0 Å². The molecular weight excluding hydrogens is 180 g/mol. The monoisotopic (exact) mass is 192 g/mol. The standard InChI is InChI=1S/C10H12N2O2/c1-8-2-4-9(5-3-8)10-12(11-13)6-7-14-10/h2-5,10H,6-7H2,1H3. The molecule has 0 amide bonds. The van der Waals surface area contributed by atoms with E-state index in [2.05, 4.69) is 5.29 Å². The second kappa shape index (κ2) is 3.75. The summed E-state index contributed by atoms with van der Waals surface area (Å²) in [5, 5.41) is 4.35. The van der Waals surface area contributed by atoms with Gasteiger partial charge in [0.2, 0.25) is 0 Å².